The molecule has 0 heterocycles. The Labute approximate surface area is 374 Å². The van der Waals surface area contributed by atoms with E-state index in [0.717, 1.165) is 116 Å². The molecule has 3 unspecified atom stereocenters. The molecule has 0 saturated heterocycles. The molecule has 0 radical (unpaired) electrons. The minimum atomic E-state index is -0.173. The smallest absolute Gasteiger partial charge is 0.104 e. The lowest BCUT2D eigenvalue weighted by molar-refractivity contribution is -0.0616. The van der Waals surface area contributed by atoms with Crippen molar-refractivity contribution in [2.75, 3.05) is 33.0 Å². The summed E-state index contributed by atoms with van der Waals surface area (Å²) in [7, 11) is 0. The summed E-state index contributed by atoms with van der Waals surface area (Å²) in [4.78, 5) is 0. The van der Waals surface area contributed by atoms with Crippen molar-refractivity contribution >= 4 is 0 Å². The normalized spacial score (nSPS) is 14.3. The molecule has 0 saturated carbocycles. The second-order valence-corrected chi connectivity index (χ2v) is 17.9. The van der Waals surface area contributed by atoms with Gasteiger partial charge in [-0.3, -0.25) is 0 Å². The summed E-state index contributed by atoms with van der Waals surface area (Å²) in [6.07, 6.45) is 54.1. The van der Waals surface area contributed by atoms with Crippen LogP contribution in [0.4, 0.5) is 0 Å². The van der Waals surface area contributed by atoms with E-state index < -0.39 is 0 Å². The molecule has 6 heteroatoms. The Morgan fingerprint density at radius 1 is 0.333 bits per heavy atom. The van der Waals surface area contributed by atoms with Gasteiger partial charge in [-0.2, -0.15) is 0 Å². The van der Waals surface area contributed by atoms with Gasteiger partial charge in [-0.05, 0) is 96.3 Å². The molecular formula is C54H104O6. The number of hydrogen-bond acceptors (Lipinski definition) is 6. The van der Waals surface area contributed by atoms with Gasteiger partial charge in [0.15, 0.2) is 0 Å². The molecule has 0 aliphatic rings. The fourth-order valence-corrected chi connectivity index (χ4v) is 7.60. The molecule has 0 aromatic carbocycles. The van der Waals surface area contributed by atoms with E-state index in [2.05, 4.69) is 57.2 Å². The Morgan fingerprint density at radius 2 is 0.633 bits per heavy atom. The number of aliphatic hydroxyl groups is 3. The first-order valence-corrected chi connectivity index (χ1v) is 26.3. The Hall–Kier alpha value is -1.02. The summed E-state index contributed by atoms with van der Waals surface area (Å²) < 4.78 is 18.5. The van der Waals surface area contributed by atoms with Gasteiger partial charge in [0.25, 0.3) is 0 Å². The summed E-state index contributed by atoms with van der Waals surface area (Å²) >= 11 is 0. The number of unbranched alkanes of at least 4 members (excludes halogenated alkanes) is 24. The molecule has 356 valence electrons. The van der Waals surface area contributed by atoms with E-state index in [1.807, 2.05) is 0 Å². The van der Waals surface area contributed by atoms with Gasteiger partial charge in [-0.1, -0.05) is 192 Å². The topological polar surface area (TPSA) is 88.4 Å². The second-order valence-electron chi connectivity index (χ2n) is 17.9. The molecule has 0 aliphatic heterocycles. The third-order valence-corrected chi connectivity index (χ3v) is 11.7. The minimum absolute atomic E-state index is 0.000394. The van der Waals surface area contributed by atoms with E-state index in [4.69, 9.17) is 14.2 Å². The van der Waals surface area contributed by atoms with Gasteiger partial charge in [0.2, 0.25) is 0 Å². The summed E-state index contributed by atoms with van der Waals surface area (Å²) in [5, 5.41) is 30.4. The van der Waals surface area contributed by atoms with Crippen LogP contribution in [0.5, 0.6) is 0 Å². The van der Waals surface area contributed by atoms with E-state index in [1.165, 1.54) is 135 Å². The van der Waals surface area contributed by atoms with E-state index in [-0.39, 0.29) is 24.4 Å². The molecule has 6 nitrogen and oxygen atoms in total. The third kappa shape index (κ3) is 48.0. The van der Waals surface area contributed by atoms with Crippen molar-refractivity contribution in [1.82, 2.24) is 0 Å². The molecule has 0 bridgehead atoms. The Kier molecular flexibility index (Phi) is 49.8. The fourth-order valence-electron chi connectivity index (χ4n) is 7.60. The second kappa shape index (κ2) is 50.6. The molecule has 60 heavy (non-hydrogen) atoms. The average Bonchev–Trinajstić information content (AvgIpc) is 3.24. The first-order chi connectivity index (χ1) is 29.5. The fraction of sp³-hybridized carbons (Fsp3) is 0.889. The van der Waals surface area contributed by atoms with Gasteiger partial charge in [0.05, 0.1) is 31.5 Å². The summed E-state index contributed by atoms with van der Waals surface area (Å²) in [6.45, 7) is 10.2. The molecule has 0 fully saturated rings. The quantitative estimate of drug-likeness (QED) is 0.0417. The van der Waals surface area contributed by atoms with Gasteiger partial charge in [0.1, 0.15) is 6.10 Å². The molecule has 0 amide bonds. The Morgan fingerprint density at radius 3 is 0.983 bits per heavy atom. The zero-order chi connectivity index (χ0) is 43.7. The van der Waals surface area contributed by atoms with Crippen LogP contribution in [0.1, 0.15) is 252 Å². The van der Waals surface area contributed by atoms with Crippen LogP contribution >= 0.6 is 0 Å². The van der Waals surface area contributed by atoms with Gasteiger partial charge in [-0.25, -0.2) is 0 Å². The van der Waals surface area contributed by atoms with Crippen molar-refractivity contribution in [1.29, 1.82) is 0 Å². The van der Waals surface area contributed by atoms with Crippen molar-refractivity contribution in [2.24, 2.45) is 0 Å². The predicted octanol–water partition coefficient (Wildman–Crippen LogP) is 15.3. The van der Waals surface area contributed by atoms with Crippen molar-refractivity contribution in [3.05, 3.63) is 36.5 Å². The lowest BCUT2D eigenvalue weighted by atomic mass is 10.1. The molecule has 0 rings (SSSR count). The molecule has 0 aromatic heterocycles. The maximum Gasteiger partial charge on any atom is 0.104 e. The highest BCUT2D eigenvalue weighted by atomic mass is 16.6. The number of hydrogen-bond donors (Lipinski definition) is 3. The van der Waals surface area contributed by atoms with E-state index in [0.29, 0.717) is 13.2 Å². The van der Waals surface area contributed by atoms with E-state index in [9.17, 15) is 15.3 Å². The van der Waals surface area contributed by atoms with Gasteiger partial charge in [-0.15, -0.1) is 0 Å². The lowest BCUT2D eigenvalue weighted by Crippen LogP contribution is -2.26. The first-order valence-electron chi connectivity index (χ1n) is 26.3. The Balaban J connectivity index is 4.19. The van der Waals surface area contributed by atoms with Crippen LogP contribution in [-0.4, -0.2) is 72.8 Å². The van der Waals surface area contributed by atoms with Crippen LogP contribution < -0.4 is 0 Å². The van der Waals surface area contributed by atoms with Crippen molar-refractivity contribution in [2.45, 2.75) is 276 Å². The van der Waals surface area contributed by atoms with Crippen LogP contribution in [0.3, 0.4) is 0 Å². The molecule has 3 atom stereocenters. The molecule has 0 spiro atoms. The van der Waals surface area contributed by atoms with Crippen molar-refractivity contribution < 1.29 is 29.5 Å². The largest absolute Gasteiger partial charge is 0.393 e. The maximum absolute atomic E-state index is 10.1. The number of rotatable bonds is 50. The van der Waals surface area contributed by atoms with Crippen molar-refractivity contribution in [3.8, 4) is 0 Å². The molecule has 0 aliphatic carbocycles. The number of aliphatic hydroxyl groups excluding tert-OH is 3. The highest BCUT2D eigenvalue weighted by Gasteiger charge is 2.10. The Bertz CT molecular complexity index is 841. The van der Waals surface area contributed by atoms with Gasteiger partial charge >= 0.3 is 0 Å². The first kappa shape index (κ1) is 59.0. The highest BCUT2D eigenvalue weighted by Crippen LogP contribution is 2.14. The monoisotopic (exact) mass is 849 g/mol. The number of allylic oxidation sites excluding steroid dienone is 3. The molecule has 0 aromatic rings. The summed E-state index contributed by atoms with van der Waals surface area (Å²) in [5.74, 6) is 0. The van der Waals surface area contributed by atoms with E-state index in [1.54, 1.807) is 0 Å². The summed E-state index contributed by atoms with van der Waals surface area (Å²) in [6, 6.07) is 0. The van der Waals surface area contributed by atoms with Crippen LogP contribution in [-0.2, 0) is 14.2 Å². The third-order valence-electron chi connectivity index (χ3n) is 11.7. The van der Waals surface area contributed by atoms with Crippen LogP contribution in [0.25, 0.3) is 0 Å². The zero-order valence-corrected chi connectivity index (χ0v) is 40.3. The standard InChI is InChI=1S/C54H104O6/c1-4-7-10-31-40-51(55)43-34-25-19-13-16-22-28-37-46-58-49-54(60-48-39-30-24-18-15-21-27-36-45-53(57)42-33-12-9-6-3)50-59-47-38-29-23-17-14-20-26-35-44-52(56)41-32-11-8-5-2/h25-27,34-36,51-57H,4-24,28-33,37-50H2,1-3H3/b34-25+,35-26+,36-27+. The van der Waals surface area contributed by atoms with Crippen LogP contribution in [0.2, 0.25) is 0 Å². The van der Waals surface area contributed by atoms with E-state index >= 15 is 0 Å². The van der Waals surface area contributed by atoms with Crippen LogP contribution in [0.15, 0.2) is 36.5 Å². The van der Waals surface area contributed by atoms with Crippen molar-refractivity contribution in [3.63, 3.8) is 0 Å². The van der Waals surface area contributed by atoms with Gasteiger partial charge in [0, 0.05) is 19.8 Å². The predicted molar refractivity (Wildman–Crippen MR) is 260 cm³/mol. The van der Waals surface area contributed by atoms with Crippen LogP contribution in [0, 0.1) is 0 Å². The summed E-state index contributed by atoms with van der Waals surface area (Å²) in [5.41, 5.74) is 0. The molecule has 3 N–H and O–H groups in total. The minimum Gasteiger partial charge on any atom is -0.393 e. The van der Waals surface area contributed by atoms with Gasteiger partial charge < -0.3 is 29.5 Å². The zero-order valence-electron chi connectivity index (χ0n) is 40.3. The number of ether oxygens (including phenoxy) is 3. The lowest BCUT2D eigenvalue weighted by Gasteiger charge is -2.18. The SMILES string of the molecule is CCCCCCC(O)C/C=C/CCCCCCCOCC(COCCCCCCC/C=C/CC(O)CCCCCC)OCCCCCCC/C=C/CC(O)CCCCCC. The highest BCUT2D eigenvalue weighted by molar-refractivity contribution is 4.85. The molecular weight excluding hydrogens is 745 g/mol. The average molecular weight is 849 g/mol. The maximum atomic E-state index is 10.1.